The summed E-state index contributed by atoms with van der Waals surface area (Å²) in [6.07, 6.45) is 3.91. The first-order valence-corrected chi connectivity index (χ1v) is 32.0. The van der Waals surface area contributed by atoms with Gasteiger partial charge in [-0.3, -0.25) is 4.79 Å². The first-order valence-electron chi connectivity index (χ1n) is 22.2. The van der Waals surface area contributed by atoms with E-state index in [1.54, 1.807) is 11.8 Å². The van der Waals surface area contributed by atoms with Gasteiger partial charge in [-0.05, 0) is 0 Å². The van der Waals surface area contributed by atoms with E-state index < -0.39 is 135 Å². The normalized spacial score (nSPS) is 17.0. The van der Waals surface area contributed by atoms with Crippen molar-refractivity contribution in [1.82, 2.24) is 10.6 Å². The van der Waals surface area contributed by atoms with Crippen molar-refractivity contribution < 1.29 is 112 Å². The molecular formula is C43H55N3NiO22S6. The van der Waals surface area contributed by atoms with Crippen LogP contribution in [0.1, 0.15) is 97.1 Å². The molecule has 420 valence electrons. The number of benzene rings is 3. The van der Waals surface area contributed by atoms with Gasteiger partial charge in [-0.1, -0.05) is 0 Å². The summed E-state index contributed by atoms with van der Waals surface area (Å²) in [7, 11) is -28.7. The Labute approximate surface area is 441 Å². The van der Waals surface area contributed by atoms with Crippen LogP contribution in [0, 0.1) is 0 Å². The van der Waals surface area contributed by atoms with Crippen LogP contribution in [0.15, 0.2) is 76.2 Å². The number of nitrogens with one attached hydrogen (secondary N) is 2. The third-order valence-electron chi connectivity index (χ3n) is 12.1. The van der Waals surface area contributed by atoms with Gasteiger partial charge in [0.15, 0.2) is 0 Å². The number of aliphatic carboxylic acids is 1. The molecule has 3 aromatic rings. The minimum absolute atomic E-state index is 0.00251. The SMILES string of the molecule is CC(CCCS(=O)(=O)O)([C](=[Ni])/C=C/C=C1/N(CCCCCC(=O)O)c2ccc3c(S(=O)(=O)O)cc(S(=O)(=O)O)cc3c2C1(C)CCCS(=O)(=O)O)c1ccc(C(=O)NCCS(=O)(=O)O)cc1C(=O)NCCS(=O)(=O)O. The molecule has 3 aromatic carbocycles. The van der Waals surface area contributed by atoms with Crippen molar-refractivity contribution in [3.05, 3.63) is 88.6 Å². The monoisotopic (exact) mass is 1220 g/mol. The van der Waals surface area contributed by atoms with E-state index in [0.29, 0.717) is 24.6 Å². The number of amides is 2. The Balaban J connectivity index is 2.02. The van der Waals surface area contributed by atoms with Gasteiger partial charge in [0, 0.05) is 0 Å². The topological polar surface area (TPSA) is 425 Å². The van der Waals surface area contributed by atoms with Crippen molar-refractivity contribution in [3.63, 3.8) is 0 Å². The fourth-order valence-electron chi connectivity index (χ4n) is 8.70. The number of carboxylic acid groups (broad SMARTS) is 1. The van der Waals surface area contributed by atoms with E-state index >= 15 is 0 Å². The van der Waals surface area contributed by atoms with Gasteiger partial charge < -0.3 is 5.11 Å². The van der Waals surface area contributed by atoms with E-state index in [-0.39, 0.29) is 88.3 Å². The van der Waals surface area contributed by atoms with Gasteiger partial charge in [-0.15, -0.1) is 0 Å². The Morgan fingerprint density at radius 3 is 1.80 bits per heavy atom. The Morgan fingerprint density at radius 2 is 1.25 bits per heavy atom. The quantitative estimate of drug-likeness (QED) is 0.0287. The number of rotatable bonds is 28. The maximum atomic E-state index is 13.9. The molecule has 0 aliphatic carbocycles. The summed E-state index contributed by atoms with van der Waals surface area (Å²) in [5.74, 6) is -6.49. The molecule has 0 saturated carbocycles. The van der Waals surface area contributed by atoms with Crippen LogP contribution in [0.3, 0.4) is 0 Å². The molecule has 25 nitrogen and oxygen atoms in total. The third-order valence-corrected chi connectivity index (χ3v) is 17.6. The van der Waals surface area contributed by atoms with Crippen molar-refractivity contribution in [2.75, 3.05) is 47.5 Å². The van der Waals surface area contributed by atoms with Crippen LogP contribution in [0.2, 0.25) is 0 Å². The summed E-state index contributed by atoms with van der Waals surface area (Å²) in [5.41, 5.74) is -2.98. The maximum absolute atomic E-state index is 13.9. The minimum atomic E-state index is -5.21. The van der Waals surface area contributed by atoms with E-state index in [9.17, 15) is 92.8 Å². The molecular weight excluding hydrogens is 1160 g/mol. The molecule has 0 radical (unpaired) electrons. The Kier molecular flexibility index (Phi) is 20.5. The van der Waals surface area contributed by atoms with Crippen molar-refractivity contribution in [2.45, 2.75) is 85.8 Å². The third kappa shape index (κ3) is 17.7. The van der Waals surface area contributed by atoms with Crippen LogP contribution in [-0.2, 0) is 91.4 Å². The van der Waals surface area contributed by atoms with E-state index in [1.807, 2.05) is 0 Å². The summed E-state index contributed by atoms with van der Waals surface area (Å²) in [4.78, 5) is 38.3. The van der Waals surface area contributed by atoms with Gasteiger partial charge in [-0.25, -0.2) is 0 Å². The standard InChI is InChI=1S/C43H55N3O22S6.Ni/c1-42(17-8-22-69(51,52)53,34-14-12-29(40(49)44-19-24-71(57,58)59)26-33(34)41(50)45-20-25-72(60,61)62)16-6-5-10-37-43(2,18-9-23-70(54,55)56)39-32-27-30(73(63,64)65)28-36(74(66,67)68)31(32)13-15-35(39)46(37)21-7-3-4-11-38(47)48;/h5-6,10,12-15,26-28H,3-4,7-9,11,17-25H2,1-2H3,(H,44,49)(H,45,50)(H,47,48)(H,51,52,53)(H,54,55,56)(H,57,58,59)(H,60,61,62)(H,63,64,65)(H,66,67,68);/b6-5+,37-10+;. The van der Waals surface area contributed by atoms with Gasteiger partial charge >= 0.3 is 435 Å². The molecule has 4 rings (SSSR count). The van der Waals surface area contributed by atoms with E-state index in [0.717, 1.165) is 12.1 Å². The van der Waals surface area contributed by atoms with Crippen molar-refractivity contribution in [1.29, 1.82) is 0 Å². The first-order chi connectivity index (χ1) is 34.3. The molecule has 1 aliphatic rings. The van der Waals surface area contributed by atoms with Crippen molar-refractivity contribution in [3.8, 4) is 0 Å². The molecule has 0 fully saturated rings. The zero-order valence-corrected chi connectivity index (χ0v) is 45.7. The van der Waals surface area contributed by atoms with Crippen molar-refractivity contribution >= 4 is 99.4 Å². The van der Waals surface area contributed by atoms with Gasteiger partial charge in [-0.2, -0.15) is 0 Å². The predicted molar refractivity (Wildman–Crippen MR) is 269 cm³/mol. The molecule has 0 spiro atoms. The fourth-order valence-corrected chi connectivity index (χ4v) is 12.1. The number of allylic oxidation sites excluding steroid dienone is 4. The molecule has 2 unspecified atom stereocenters. The fraction of sp³-hybridized carbons (Fsp3) is 0.442. The second-order valence-electron chi connectivity index (χ2n) is 17.8. The number of hydrogen-bond acceptors (Lipinski definition) is 16. The Morgan fingerprint density at radius 1 is 0.680 bits per heavy atom. The number of hydrogen-bond donors (Lipinski definition) is 9. The molecule has 75 heavy (non-hydrogen) atoms. The number of unbranched alkanes of at least 4 members (excludes halogenated alkanes) is 2. The molecule has 0 bridgehead atoms. The zero-order valence-electron chi connectivity index (χ0n) is 39.8. The number of carbonyl (C=O) groups excluding carboxylic acids is 2. The van der Waals surface area contributed by atoms with Crippen LogP contribution in [0.25, 0.3) is 10.8 Å². The molecule has 0 saturated heterocycles. The van der Waals surface area contributed by atoms with Crippen LogP contribution < -0.4 is 15.5 Å². The zero-order chi connectivity index (χ0) is 56.8. The average Bonchev–Trinajstić information content (AvgIpc) is 3.49. The summed E-state index contributed by atoms with van der Waals surface area (Å²) < 4.78 is 203. The van der Waals surface area contributed by atoms with Crippen LogP contribution in [0.5, 0.6) is 0 Å². The molecule has 2 atom stereocenters. The number of carbonyl (C=O) groups is 3. The van der Waals surface area contributed by atoms with E-state index in [2.05, 4.69) is 10.6 Å². The molecule has 9 N–H and O–H groups in total. The summed E-state index contributed by atoms with van der Waals surface area (Å²) in [5, 5.41) is 13.5. The Bertz CT molecular complexity index is 3510. The second kappa shape index (κ2) is 24.4. The summed E-state index contributed by atoms with van der Waals surface area (Å²) in [6.45, 7) is 1.91. The molecule has 1 heterocycles. The van der Waals surface area contributed by atoms with Crippen LogP contribution >= 0.6 is 0 Å². The molecule has 32 heteroatoms. The number of anilines is 1. The van der Waals surface area contributed by atoms with Gasteiger partial charge in [0.25, 0.3) is 0 Å². The van der Waals surface area contributed by atoms with E-state index in [1.165, 1.54) is 49.4 Å². The number of carboxylic acids is 1. The van der Waals surface area contributed by atoms with Crippen LogP contribution in [-0.4, -0.2) is 148 Å². The molecule has 0 aromatic heterocycles. The predicted octanol–water partition coefficient (Wildman–Crippen LogP) is 2.74. The van der Waals surface area contributed by atoms with Crippen LogP contribution in [0.4, 0.5) is 5.69 Å². The molecule has 2 amide bonds. The van der Waals surface area contributed by atoms with Crippen molar-refractivity contribution in [2.24, 2.45) is 0 Å². The van der Waals surface area contributed by atoms with Gasteiger partial charge in [0.2, 0.25) is 0 Å². The summed E-state index contributed by atoms with van der Waals surface area (Å²) >= 11 is 5.53. The second-order valence-corrected chi connectivity index (χ2v) is 27.4. The summed E-state index contributed by atoms with van der Waals surface area (Å²) in [6, 6.07) is 7.70. The molecule has 1 aliphatic heterocycles. The first kappa shape index (κ1) is 63.0. The Hall–Kier alpha value is -4.57. The van der Waals surface area contributed by atoms with Gasteiger partial charge in [0.1, 0.15) is 0 Å². The van der Waals surface area contributed by atoms with Gasteiger partial charge in [0.05, 0.1) is 0 Å². The van der Waals surface area contributed by atoms with E-state index in [4.69, 9.17) is 19.6 Å². The average molecular weight is 1220 g/mol. The number of fused-ring (bicyclic) bond motifs is 3. The number of nitrogens with zero attached hydrogens (tertiary/aromatic N) is 1.